The molecule has 5 aromatic rings. The summed E-state index contributed by atoms with van der Waals surface area (Å²) in [6, 6.07) is 41.4. The molecule has 5 aromatic carbocycles. The highest BCUT2D eigenvalue weighted by molar-refractivity contribution is 5.98. The maximum atomic E-state index is 2.71. The molecule has 0 unspecified atom stereocenters. The van der Waals surface area contributed by atoms with E-state index in [-0.39, 0.29) is 27.1 Å². The van der Waals surface area contributed by atoms with Gasteiger partial charge in [-0.15, -0.1) is 0 Å². The Bertz CT molecular complexity index is 2330. The molecule has 4 bridgehead atoms. The van der Waals surface area contributed by atoms with E-state index in [1.165, 1.54) is 119 Å². The molecule has 0 N–H and O–H groups in total. The fourth-order valence-electron chi connectivity index (χ4n) is 14.2. The van der Waals surface area contributed by atoms with Gasteiger partial charge in [-0.1, -0.05) is 128 Å². The van der Waals surface area contributed by atoms with Gasteiger partial charge >= 0.3 is 0 Å². The highest BCUT2D eigenvalue weighted by Crippen LogP contribution is 2.71. The fraction of sp³-hybridized carbons (Fsp3) is 0.464. The molecule has 1 heteroatoms. The smallest absolute Gasteiger partial charge is 0.0543 e. The van der Waals surface area contributed by atoms with Crippen LogP contribution in [0.4, 0.5) is 17.1 Å². The van der Waals surface area contributed by atoms with Crippen molar-refractivity contribution in [2.24, 2.45) is 23.7 Å². The summed E-state index contributed by atoms with van der Waals surface area (Å²) in [5.74, 6) is 3.20. The second-order valence-corrected chi connectivity index (χ2v) is 22.3. The zero-order chi connectivity index (χ0) is 39.3. The van der Waals surface area contributed by atoms with Gasteiger partial charge in [-0.3, -0.25) is 0 Å². The summed E-state index contributed by atoms with van der Waals surface area (Å²) in [5.41, 5.74) is 19.8. The Morgan fingerprint density at radius 1 is 0.439 bits per heavy atom. The van der Waals surface area contributed by atoms with E-state index >= 15 is 0 Å². The highest BCUT2D eigenvalue weighted by atomic mass is 15.1. The summed E-state index contributed by atoms with van der Waals surface area (Å²) in [7, 11) is 0. The van der Waals surface area contributed by atoms with Crippen molar-refractivity contribution in [1.82, 2.24) is 0 Å². The molecule has 1 spiro atoms. The summed E-state index contributed by atoms with van der Waals surface area (Å²) >= 11 is 0. The van der Waals surface area contributed by atoms with E-state index in [4.69, 9.17) is 0 Å². The second kappa shape index (κ2) is 12.0. The number of nitrogens with zero attached hydrogens (tertiary/aromatic N) is 1. The van der Waals surface area contributed by atoms with Crippen LogP contribution in [0.25, 0.3) is 22.3 Å². The Balaban J connectivity index is 1.21. The van der Waals surface area contributed by atoms with Gasteiger partial charge in [0.15, 0.2) is 0 Å². The van der Waals surface area contributed by atoms with Crippen LogP contribution >= 0.6 is 0 Å². The minimum atomic E-state index is 0.0515. The summed E-state index contributed by atoms with van der Waals surface area (Å²) in [4.78, 5) is 2.71. The van der Waals surface area contributed by atoms with Crippen molar-refractivity contribution in [3.63, 3.8) is 0 Å². The van der Waals surface area contributed by atoms with E-state index in [0.29, 0.717) is 11.8 Å². The third kappa shape index (κ3) is 5.05. The molecule has 292 valence electrons. The predicted octanol–water partition coefficient (Wildman–Crippen LogP) is 15.2. The zero-order valence-corrected chi connectivity index (χ0v) is 35.9. The van der Waals surface area contributed by atoms with Crippen LogP contribution in [0, 0.1) is 23.7 Å². The van der Waals surface area contributed by atoms with Crippen LogP contribution in [0.5, 0.6) is 0 Å². The Kier molecular flexibility index (Phi) is 7.58. The van der Waals surface area contributed by atoms with Gasteiger partial charge in [0.2, 0.25) is 0 Å². The van der Waals surface area contributed by atoms with Crippen molar-refractivity contribution < 1.29 is 0 Å². The number of hydrogen-bond donors (Lipinski definition) is 0. The van der Waals surface area contributed by atoms with Gasteiger partial charge in [0.1, 0.15) is 0 Å². The van der Waals surface area contributed by atoms with Gasteiger partial charge in [0, 0.05) is 22.4 Å². The minimum absolute atomic E-state index is 0.0515. The number of benzene rings is 5. The first-order valence-corrected chi connectivity index (χ1v) is 22.6. The Labute approximate surface area is 343 Å². The molecular formula is C56H63N. The van der Waals surface area contributed by atoms with Crippen molar-refractivity contribution in [3.05, 3.63) is 137 Å². The van der Waals surface area contributed by atoms with Gasteiger partial charge in [-0.05, 0) is 184 Å². The molecule has 4 saturated carbocycles. The Morgan fingerprint density at radius 2 is 0.930 bits per heavy atom. The van der Waals surface area contributed by atoms with E-state index < -0.39 is 0 Å². The van der Waals surface area contributed by atoms with Gasteiger partial charge in [0.25, 0.3) is 0 Å². The molecule has 57 heavy (non-hydrogen) atoms. The summed E-state index contributed by atoms with van der Waals surface area (Å²) in [6.45, 7) is 19.8. The maximum absolute atomic E-state index is 2.71. The second-order valence-electron chi connectivity index (χ2n) is 22.3. The average Bonchev–Trinajstić information content (AvgIpc) is 3.49. The van der Waals surface area contributed by atoms with Crippen LogP contribution in [0.2, 0.25) is 0 Å². The molecule has 7 aliphatic carbocycles. The molecule has 0 atom stereocenters. The molecule has 1 nitrogen and oxygen atoms in total. The van der Waals surface area contributed by atoms with Crippen molar-refractivity contribution in [2.45, 2.75) is 140 Å². The van der Waals surface area contributed by atoms with E-state index in [9.17, 15) is 0 Å². The maximum Gasteiger partial charge on any atom is 0.0543 e. The molecule has 0 heterocycles. The molecule has 7 aliphatic rings. The van der Waals surface area contributed by atoms with E-state index in [1.54, 1.807) is 11.1 Å². The van der Waals surface area contributed by atoms with E-state index in [1.807, 2.05) is 0 Å². The monoisotopic (exact) mass is 749 g/mol. The number of rotatable bonds is 4. The number of anilines is 3. The summed E-state index contributed by atoms with van der Waals surface area (Å²) in [6.07, 6.45) is 11.9. The van der Waals surface area contributed by atoms with Crippen LogP contribution in [0.3, 0.4) is 0 Å². The third-order valence-electron chi connectivity index (χ3n) is 17.2. The summed E-state index contributed by atoms with van der Waals surface area (Å²) < 4.78 is 0. The lowest BCUT2D eigenvalue weighted by Gasteiger charge is -2.61. The molecule has 0 radical (unpaired) electrons. The lowest BCUT2D eigenvalue weighted by molar-refractivity contribution is -0.0397. The third-order valence-corrected chi connectivity index (χ3v) is 17.2. The lowest BCUT2D eigenvalue weighted by atomic mass is 9.42. The predicted molar refractivity (Wildman–Crippen MR) is 240 cm³/mol. The SMILES string of the molecule is CC1(C)CCC(C)(C)c2cc(N(c3ccc4c(c3)C(C)(C)CCC4(C)C)c3cccc4c3-c3cccc(-c5ccccc5)c3C43C4CC5CC(C4)CC3C5)ccc21. The lowest BCUT2D eigenvalue weighted by Crippen LogP contribution is -2.55. The van der Waals surface area contributed by atoms with Crippen molar-refractivity contribution in [1.29, 1.82) is 0 Å². The fourth-order valence-corrected chi connectivity index (χ4v) is 14.2. The van der Waals surface area contributed by atoms with Crippen molar-refractivity contribution >= 4 is 17.1 Å². The van der Waals surface area contributed by atoms with Crippen molar-refractivity contribution in [3.8, 4) is 22.3 Å². The van der Waals surface area contributed by atoms with Crippen LogP contribution in [-0.2, 0) is 27.1 Å². The van der Waals surface area contributed by atoms with E-state index in [2.05, 4.69) is 163 Å². The number of hydrogen-bond acceptors (Lipinski definition) is 1. The molecule has 4 fully saturated rings. The standard InChI is InChI=1S/C56H63N/c1-52(2)24-26-54(5,6)47-33-40(20-22-44(47)52)57(41-21-23-45-48(34-41)55(7,8)27-25-53(45,3)4)49-19-13-18-46-50(49)43-17-12-16-42(37-14-10-9-11-15-37)51(43)56(46)38-29-35-28-36(31-38)32-39(56)30-35/h9-23,33-36,38-39H,24-32H2,1-8H3. The van der Waals surface area contributed by atoms with Gasteiger partial charge in [0.05, 0.1) is 5.69 Å². The Morgan fingerprint density at radius 3 is 1.47 bits per heavy atom. The average molecular weight is 750 g/mol. The zero-order valence-electron chi connectivity index (χ0n) is 35.9. The van der Waals surface area contributed by atoms with Crippen LogP contribution < -0.4 is 4.90 Å². The topological polar surface area (TPSA) is 3.24 Å². The normalized spacial score (nSPS) is 28.7. The minimum Gasteiger partial charge on any atom is -0.310 e. The molecule has 0 saturated heterocycles. The molecule has 0 aliphatic heterocycles. The van der Waals surface area contributed by atoms with Crippen LogP contribution in [0.1, 0.15) is 147 Å². The largest absolute Gasteiger partial charge is 0.310 e. The molecule has 0 aromatic heterocycles. The first-order chi connectivity index (χ1) is 27.2. The van der Waals surface area contributed by atoms with Crippen LogP contribution in [-0.4, -0.2) is 0 Å². The van der Waals surface area contributed by atoms with Gasteiger partial charge in [-0.25, -0.2) is 0 Å². The van der Waals surface area contributed by atoms with E-state index in [0.717, 1.165) is 11.8 Å². The summed E-state index contributed by atoms with van der Waals surface area (Å²) in [5, 5.41) is 0. The first kappa shape index (κ1) is 36.0. The molecule has 12 rings (SSSR count). The van der Waals surface area contributed by atoms with Crippen LogP contribution in [0.15, 0.2) is 103 Å². The first-order valence-electron chi connectivity index (χ1n) is 22.6. The molecular weight excluding hydrogens is 687 g/mol. The molecule has 0 amide bonds. The van der Waals surface area contributed by atoms with Gasteiger partial charge in [-0.2, -0.15) is 0 Å². The highest BCUT2D eigenvalue weighted by Gasteiger charge is 2.62. The van der Waals surface area contributed by atoms with Gasteiger partial charge < -0.3 is 4.90 Å². The van der Waals surface area contributed by atoms with Crippen molar-refractivity contribution in [2.75, 3.05) is 4.90 Å². The number of fused-ring (bicyclic) bond motifs is 5. The quantitative estimate of drug-likeness (QED) is 0.177. The Hall–Kier alpha value is -4.10.